The minimum absolute atomic E-state index is 0.0800. The summed E-state index contributed by atoms with van der Waals surface area (Å²) in [6.45, 7) is 3.95. The molecule has 0 radical (unpaired) electrons. The first-order valence-electron chi connectivity index (χ1n) is 13.1. The normalized spacial score (nSPS) is 18.0. The van der Waals surface area contributed by atoms with Crippen LogP contribution in [0.3, 0.4) is 0 Å². The average molecular weight is 512 g/mol. The molecule has 2 aromatic heterocycles. The maximum atomic E-state index is 14.2. The molecular weight excluding hydrogens is 481 g/mol. The van der Waals surface area contributed by atoms with Crippen molar-refractivity contribution in [2.24, 2.45) is 5.92 Å². The van der Waals surface area contributed by atoms with Crippen LogP contribution in [-0.2, 0) is 4.79 Å². The number of aromatic nitrogens is 4. The van der Waals surface area contributed by atoms with Gasteiger partial charge in [-0.2, -0.15) is 0 Å². The summed E-state index contributed by atoms with van der Waals surface area (Å²) in [6.07, 6.45) is 5.43. The summed E-state index contributed by atoms with van der Waals surface area (Å²) >= 11 is 0. The molecule has 0 bridgehead atoms. The molecule has 0 N–H and O–H groups in total. The predicted molar refractivity (Wildman–Crippen MR) is 145 cm³/mol. The standard InChI is InChI=1S/C29H30FN7O/c30-24-10-4-5-11-25(24)34-17-19-35(20-18-34)29(38)23-9-6-15-36(21-23)26-12-13-27(33-32-26)37-16-14-31-28(37)22-7-2-1-3-8-22/h1-5,7-8,10-14,16,23H,6,9,15,17-21H2. The lowest BCUT2D eigenvalue weighted by Gasteiger charge is -2.40. The Labute approximate surface area is 221 Å². The Morgan fingerprint density at radius 2 is 1.55 bits per heavy atom. The zero-order valence-electron chi connectivity index (χ0n) is 21.2. The van der Waals surface area contributed by atoms with Gasteiger partial charge in [-0.15, -0.1) is 10.2 Å². The summed E-state index contributed by atoms with van der Waals surface area (Å²) in [4.78, 5) is 24.0. The highest BCUT2D eigenvalue weighted by molar-refractivity contribution is 5.80. The SMILES string of the molecule is O=C(C1CCCN(c2ccc(-n3ccnc3-c3ccccc3)nn2)C1)N1CCN(c2ccccc2F)CC1. The molecule has 0 spiro atoms. The summed E-state index contributed by atoms with van der Waals surface area (Å²) in [6, 6.07) is 20.7. The monoisotopic (exact) mass is 511 g/mol. The maximum Gasteiger partial charge on any atom is 0.227 e. The highest BCUT2D eigenvalue weighted by Gasteiger charge is 2.32. The molecule has 9 heteroatoms. The molecule has 2 aromatic carbocycles. The van der Waals surface area contributed by atoms with Gasteiger partial charge in [0.05, 0.1) is 11.6 Å². The summed E-state index contributed by atoms with van der Waals surface area (Å²) < 4.78 is 16.1. The van der Waals surface area contributed by atoms with Gasteiger partial charge in [0.15, 0.2) is 11.6 Å². The van der Waals surface area contributed by atoms with Gasteiger partial charge >= 0.3 is 0 Å². The number of benzene rings is 2. The van der Waals surface area contributed by atoms with Crippen molar-refractivity contribution in [1.29, 1.82) is 0 Å². The van der Waals surface area contributed by atoms with E-state index >= 15 is 0 Å². The first-order valence-corrected chi connectivity index (χ1v) is 13.1. The molecule has 194 valence electrons. The largest absolute Gasteiger partial charge is 0.366 e. The Kier molecular flexibility index (Phi) is 6.73. The number of anilines is 2. The Bertz CT molecular complexity index is 1380. The van der Waals surface area contributed by atoms with Gasteiger partial charge in [-0.25, -0.2) is 9.37 Å². The van der Waals surface area contributed by atoms with Crippen LogP contribution in [0.15, 0.2) is 79.1 Å². The van der Waals surface area contributed by atoms with Crippen molar-refractivity contribution in [1.82, 2.24) is 24.6 Å². The third kappa shape index (κ3) is 4.83. The topological polar surface area (TPSA) is 70.4 Å². The number of piperazine rings is 1. The second-order valence-electron chi connectivity index (χ2n) is 9.79. The zero-order chi connectivity index (χ0) is 25.9. The molecule has 6 rings (SSSR count). The smallest absolute Gasteiger partial charge is 0.227 e. The number of hydrogen-bond acceptors (Lipinski definition) is 6. The van der Waals surface area contributed by atoms with E-state index in [2.05, 4.69) is 20.1 Å². The molecule has 8 nitrogen and oxygen atoms in total. The van der Waals surface area contributed by atoms with E-state index in [1.807, 2.05) is 69.1 Å². The molecule has 2 aliphatic rings. The lowest BCUT2D eigenvalue weighted by atomic mass is 9.96. The van der Waals surface area contributed by atoms with Crippen molar-refractivity contribution in [2.75, 3.05) is 49.1 Å². The van der Waals surface area contributed by atoms with Gasteiger partial charge in [0.2, 0.25) is 5.91 Å². The lowest BCUT2D eigenvalue weighted by Crippen LogP contribution is -2.52. The fraction of sp³-hybridized carbons (Fsp3) is 0.310. The number of carbonyl (C=O) groups is 1. The Hall–Kier alpha value is -4.27. The molecule has 2 saturated heterocycles. The minimum atomic E-state index is -0.216. The van der Waals surface area contributed by atoms with Gasteiger partial charge < -0.3 is 14.7 Å². The molecule has 0 saturated carbocycles. The molecule has 2 aliphatic heterocycles. The van der Waals surface area contributed by atoms with Crippen LogP contribution in [0.4, 0.5) is 15.9 Å². The van der Waals surface area contributed by atoms with Crippen molar-refractivity contribution in [3.8, 4) is 17.2 Å². The van der Waals surface area contributed by atoms with Crippen molar-refractivity contribution in [3.63, 3.8) is 0 Å². The van der Waals surface area contributed by atoms with Crippen LogP contribution in [-0.4, -0.2) is 69.8 Å². The van der Waals surface area contributed by atoms with Crippen molar-refractivity contribution in [2.45, 2.75) is 12.8 Å². The molecule has 38 heavy (non-hydrogen) atoms. The first kappa shape index (κ1) is 24.1. The van der Waals surface area contributed by atoms with Crippen LogP contribution in [0, 0.1) is 11.7 Å². The third-order valence-corrected chi connectivity index (χ3v) is 7.44. The number of hydrogen-bond donors (Lipinski definition) is 0. The Balaban J connectivity index is 1.09. The summed E-state index contributed by atoms with van der Waals surface area (Å²) in [5, 5.41) is 9.00. The van der Waals surface area contributed by atoms with E-state index in [1.165, 1.54) is 6.07 Å². The molecular formula is C29H30FN7O. The number of amides is 1. The van der Waals surface area contributed by atoms with Gasteiger partial charge in [0.1, 0.15) is 11.6 Å². The van der Waals surface area contributed by atoms with Gasteiger partial charge in [-0.1, -0.05) is 42.5 Å². The van der Waals surface area contributed by atoms with Gasteiger partial charge in [0.25, 0.3) is 0 Å². The van der Waals surface area contributed by atoms with Crippen molar-refractivity contribution in [3.05, 3.63) is 84.9 Å². The van der Waals surface area contributed by atoms with Crippen LogP contribution < -0.4 is 9.80 Å². The summed E-state index contributed by atoms with van der Waals surface area (Å²) in [5.74, 6) is 2.17. The van der Waals surface area contributed by atoms with Crippen LogP contribution in [0.5, 0.6) is 0 Å². The summed E-state index contributed by atoms with van der Waals surface area (Å²) in [5.41, 5.74) is 1.62. The number of para-hydroxylation sites is 1. The fourth-order valence-corrected chi connectivity index (χ4v) is 5.43. The molecule has 1 atom stereocenters. The van der Waals surface area contributed by atoms with E-state index in [4.69, 9.17) is 0 Å². The molecule has 0 aliphatic carbocycles. The van der Waals surface area contributed by atoms with E-state index in [9.17, 15) is 9.18 Å². The van der Waals surface area contributed by atoms with Gasteiger partial charge in [-0.3, -0.25) is 9.36 Å². The number of halogens is 1. The highest BCUT2D eigenvalue weighted by atomic mass is 19.1. The van der Waals surface area contributed by atoms with E-state index in [1.54, 1.807) is 18.3 Å². The molecule has 4 heterocycles. The van der Waals surface area contributed by atoms with Gasteiger partial charge in [-0.05, 0) is 37.1 Å². The average Bonchev–Trinajstić information content (AvgIpc) is 3.48. The van der Waals surface area contributed by atoms with Crippen molar-refractivity contribution >= 4 is 17.4 Å². The second kappa shape index (κ2) is 10.6. The maximum absolute atomic E-state index is 14.2. The van der Waals surface area contributed by atoms with E-state index in [0.29, 0.717) is 44.2 Å². The number of imidazole rings is 1. The number of rotatable bonds is 5. The Morgan fingerprint density at radius 3 is 2.32 bits per heavy atom. The fourth-order valence-electron chi connectivity index (χ4n) is 5.43. The number of carbonyl (C=O) groups excluding carboxylic acids is 1. The van der Waals surface area contributed by atoms with Crippen LogP contribution in [0.2, 0.25) is 0 Å². The van der Waals surface area contributed by atoms with Crippen LogP contribution in [0.1, 0.15) is 12.8 Å². The summed E-state index contributed by atoms with van der Waals surface area (Å²) in [7, 11) is 0. The Morgan fingerprint density at radius 1 is 0.816 bits per heavy atom. The molecule has 1 amide bonds. The van der Waals surface area contributed by atoms with Gasteiger partial charge in [0, 0.05) is 57.2 Å². The van der Waals surface area contributed by atoms with Crippen LogP contribution in [0.25, 0.3) is 17.2 Å². The number of piperidine rings is 1. The van der Waals surface area contributed by atoms with Crippen LogP contribution >= 0.6 is 0 Å². The first-order chi connectivity index (χ1) is 18.7. The van der Waals surface area contributed by atoms with E-state index in [-0.39, 0.29) is 17.6 Å². The molecule has 2 fully saturated rings. The lowest BCUT2D eigenvalue weighted by molar-refractivity contribution is -0.136. The second-order valence-corrected chi connectivity index (χ2v) is 9.79. The highest BCUT2D eigenvalue weighted by Crippen LogP contribution is 2.26. The quantitative estimate of drug-likeness (QED) is 0.403. The molecule has 4 aromatic rings. The molecule has 1 unspecified atom stereocenters. The van der Waals surface area contributed by atoms with E-state index < -0.39 is 0 Å². The zero-order valence-corrected chi connectivity index (χ0v) is 21.2. The predicted octanol–water partition coefficient (Wildman–Crippen LogP) is 4.03. The minimum Gasteiger partial charge on any atom is -0.366 e. The third-order valence-electron chi connectivity index (χ3n) is 7.44. The number of nitrogens with zero attached hydrogens (tertiary/aromatic N) is 7. The van der Waals surface area contributed by atoms with Crippen molar-refractivity contribution < 1.29 is 9.18 Å². The van der Waals surface area contributed by atoms with E-state index in [0.717, 1.165) is 36.6 Å².